The molecule has 0 bridgehead atoms. The van der Waals surface area contributed by atoms with Crippen LogP contribution < -0.4 is 4.74 Å². The zero-order valence-electron chi connectivity index (χ0n) is 9.94. The predicted octanol–water partition coefficient (Wildman–Crippen LogP) is 3.84. The fraction of sp³-hybridized carbons (Fsp3) is 0.286. The summed E-state index contributed by atoms with van der Waals surface area (Å²) < 4.78 is 6.72. The van der Waals surface area contributed by atoms with E-state index in [9.17, 15) is 5.11 Å². The summed E-state index contributed by atoms with van der Waals surface area (Å²) in [5.41, 5.74) is 3.22. The molecule has 2 nitrogen and oxygen atoms in total. The van der Waals surface area contributed by atoms with Gasteiger partial charge in [0.25, 0.3) is 0 Å². The van der Waals surface area contributed by atoms with Crippen LogP contribution in [0.25, 0.3) is 0 Å². The number of aryl methyl sites for hydroxylation is 1. The summed E-state index contributed by atoms with van der Waals surface area (Å²) in [5.74, 6) is 0.868. The Morgan fingerprint density at radius 2 is 2.28 bits per heavy atom. The lowest BCUT2D eigenvalue weighted by Crippen LogP contribution is -2.00. The van der Waals surface area contributed by atoms with Crippen molar-refractivity contribution in [2.45, 2.75) is 19.4 Å². The third-order valence-corrected chi connectivity index (χ3v) is 5.37. The molecule has 0 saturated heterocycles. The van der Waals surface area contributed by atoms with Gasteiger partial charge in [-0.15, -0.1) is 11.3 Å². The van der Waals surface area contributed by atoms with Crippen molar-refractivity contribution >= 4 is 27.3 Å². The summed E-state index contributed by atoms with van der Waals surface area (Å²) in [6, 6.07) is 8.02. The largest absolute Gasteiger partial charge is 0.493 e. The van der Waals surface area contributed by atoms with Gasteiger partial charge < -0.3 is 9.84 Å². The van der Waals surface area contributed by atoms with Crippen LogP contribution in [0.3, 0.4) is 0 Å². The Bertz CT molecular complexity index is 572. The van der Waals surface area contributed by atoms with Crippen LogP contribution in [-0.2, 0) is 6.42 Å². The number of hydrogen-bond donors (Lipinski definition) is 1. The Balaban J connectivity index is 2.02. The van der Waals surface area contributed by atoms with Crippen molar-refractivity contribution in [3.63, 3.8) is 0 Å². The van der Waals surface area contributed by atoms with Crippen LogP contribution in [0.15, 0.2) is 28.1 Å². The second kappa shape index (κ2) is 4.68. The predicted molar refractivity (Wildman–Crippen MR) is 76.5 cm³/mol. The van der Waals surface area contributed by atoms with E-state index >= 15 is 0 Å². The van der Waals surface area contributed by atoms with E-state index in [1.54, 1.807) is 11.3 Å². The molecule has 4 heteroatoms. The van der Waals surface area contributed by atoms with Gasteiger partial charge in [0, 0.05) is 16.9 Å². The quantitative estimate of drug-likeness (QED) is 0.909. The van der Waals surface area contributed by atoms with Crippen molar-refractivity contribution in [2.75, 3.05) is 6.61 Å². The van der Waals surface area contributed by atoms with Gasteiger partial charge in [-0.05, 0) is 40.0 Å². The molecular weight excluding hydrogens is 312 g/mol. The van der Waals surface area contributed by atoms with Crippen LogP contribution in [-0.4, -0.2) is 11.7 Å². The number of para-hydroxylation sites is 1. The van der Waals surface area contributed by atoms with E-state index in [1.165, 1.54) is 5.56 Å². The molecule has 2 heterocycles. The fourth-order valence-electron chi connectivity index (χ4n) is 2.23. The molecule has 1 aliphatic rings. The number of aliphatic hydroxyl groups excluding tert-OH is 1. The van der Waals surface area contributed by atoms with Gasteiger partial charge in [-0.25, -0.2) is 0 Å². The molecule has 0 fully saturated rings. The van der Waals surface area contributed by atoms with Crippen LogP contribution >= 0.6 is 27.3 Å². The molecule has 1 atom stereocenters. The molecule has 0 radical (unpaired) electrons. The van der Waals surface area contributed by atoms with Crippen LogP contribution in [0.5, 0.6) is 5.75 Å². The summed E-state index contributed by atoms with van der Waals surface area (Å²) in [5, 5.41) is 10.5. The third kappa shape index (κ3) is 1.98. The molecule has 1 unspecified atom stereocenters. The number of hydrogen-bond acceptors (Lipinski definition) is 3. The summed E-state index contributed by atoms with van der Waals surface area (Å²) >= 11 is 5.07. The van der Waals surface area contributed by atoms with Gasteiger partial charge in [-0.3, -0.25) is 0 Å². The zero-order chi connectivity index (χ0) is 12.7. The van der Waals surface area contributed by atoms with E-state index < -0.39 is 6.10 Å². The number of thiophene rings is 1. The maximum Gasteiger partial charge on any atom is 0.128 e. The SMILES string of the molecule is Cc1cc(C(O)c2cccc3c2OCC3)sc1Br. The second-order valence-corrected chi connectivity index (χ2v) is 6.84. The van der Waals surface area contributed by atoms with Crippen molar-refractivity contribution in [3.05, 3.63) is 49.6 Å². The van der Waals surface area contributed by atoms with Crippen LogP contribution in [0.2, 0.25) is 0 Å². The van der Waals surface area contributed by atoms with E-state index in [4.69, 9.17) is 4.74 Å². The molecule has 0 saturated carbocycles. The van der Waals surface area contributed by atoms with E-state index in [2.05, 4.69) is 22.0 Å². The Morgan fingerprint density at radius 1 is 1.44 bits per heavy atom. The van der Waals surface area contributed by atoms with Crippen molar-refractivity contribution < 1.29 is 9.84 Å². The van der Waals surface area contributed by atoms with Crippen LogP contribution in [0.4, 0.5) is 0 Å². The standard InChI is InChI=1S/C14H13BrO2S/c1-8-7-11(18-14(8)15)12(16)10-4-2-3-9-5-6-17-13(9)10/h2-4,7,12,16H,5-6H2,1H3. The normalized spacial score (nSPS) is 15.3. The highest BCUT2D eigenvalue weighted by Crippen LogP contribution is 2.40. The van der Waals surface area contributed by atoms with E-state index in [0.29, 0.717) is 6.61 Å². The molecule has 3 rings (SSSR count). The van der Waals surface area contributed by atoms with Gasteiger partial charge >= 0.3 is 0 Å². The molecule has 0 amide bonds. The van der Waals surface area contributed by atoms with Crippen molar-refractivity contribution in [1.29, 1.82) is 0 Å². The molecule has 94 valence electrons. The molecule has 2 aromatic rings. The van der Waals surface area contributed by atoms with Crippen molar-refractivity contribution in [3.8, 4) is 5.75 Å². The van der Waals surface area contributed by atoms with E-state index in [1.807, 2.05) is 25.1 Å². The Morgan fingerprint density at radius 3 is 3.00 bits per heavy atom. The Hall–Kier alpha value is -0.840. The van der Waals surface area contributed by atoms with Gasteiger partial charge in [-0.1, -0.05) is 18.2 Å². The van der Waals surface area contributed by atoms with E-state index in [-0.39, 0.29) is 0 Å². The molecule has 1 aromatic carbocycles. The minimum Gasteiger partial charge on any atom is -0.493 e. The maximum absolute atomic E-state index is 10.5. The molecule has 1 N–H and O–H groups in total. The van der Waals surface area contributed by atoms with Crippen molar-refractivity contribution in [2.24, 2.45) is 0 Å². The first-order valence-corrected chi connectivity index (χ1v) is 7.46. The lowest BCUT2D eigenvalue weighted by Gasteiger charge is -2.13. The average molecular weight is 325 g/mol. The lowest BCUT2D eigenvalue weighted by atomic mass is 10.0. The number of benzene rings is 1. The van der Waals surface area contributed by atoms with E-state index in [0.717, 1.165) is 32.0 Å². The molecule has 1 aromatic heterocycles. The van der Waals surface area contributed by atoms with Gasteiger partial charge in [0.15, 0.2) is 0 Å². The van der Waals surface area contributed by atoms with Gasteiger partial charge in [0.1, 0.15) is 11.9 Å². The van der Waals surface area contributed by atoms with Crippen LogP contribution in [0.1, 0.15) is 27.7 Å². The highest BCUT2D eigenvalue weighted by molar-refractivity contribution is 9.11. The number of ether oxygens (including phenoxy) is 1. The first kappa shape index (κ1) is 12.2. The minimum absolute atomic E-state index is 0.604. The van der Waals surface area contributed by atoms with Gasteiger partial charge in [0.05, 0.1) is 10.4 Å². The van der Waals surface area contributed by atoms with Gasteiger partial charge in [0.2, 0.25) is 0 Å². The zero-order valence-corrected chi connectivity index (χ0v) is 12.3. The second-order valence-electron chi connectivity index (χ2n) is 4.44. The monoisotopic (exact) mass is 324 g/mol. The highest BCUT2D eigenvalue weighted by Gasteiger charge is 2.23. The average Bonchev–Trinajstić information content (AvgIpc) is 2.95. The fourth-order valence-corrected chi connectivity index (χ4v) is 3.80. The maximum atomic E-state index is 10.5. The third-order valence-electron chi connectivity index (χ3n) is 3.19. The minimum atomic E-state index is -0.604. The lowest BCUT2D eigenvalue weighted by molar-refractivity contribution is 0.217. The highest BCUT2D eigenvalue weighted by atomic mass is 79.9. The first-order chi connectivity index (χ1) is 8.66. The Kier molecular flexibility index (Phi) is 3.18. The molecular formula is C14H13BrO2S. The smallest absolute Gasteiger partial charge is 0.128 e. The molecule has 0 aliphatic carbocycles. The van der Waals surface area contributed by atoms with Crippen LogP contribution in [0, 0.1) is 6.92 Å². The van der Waals surface area contributed by atoms with Gasteiger partial charge in [-0.2, -0.15) is 0 Å². The molecule has 18 heavy (non-hydrogen) atoms. The summed E-state index contributed by atoms with van der Waals surface area (Å²) in [6.45, 7) is 2.74. The number of rotatable bonds is 2. The number of aliphatic hydroxyl groups is 1. The molecule has 1 aliphatic heterocycles. The topological polar surface area (TPSA) is 29.5 Å². The Labute approximate surface area is 118 Å². The number of fused-ring (bicyclic) bond motifs is 1. The summed E-state index contributed by atoms with van der Waals surface area (Å²) in [7, 11) is 0. The first-order valence-electron chi connectivity index (χ1n) is 5.85. The van der Waals surface area contributed by atoms with Crippen molar-refractivity contribution in [1.82, 2.24) is 0 Å². The number of halogens is 1. The summed E-state index contributed by atoms with van der Waals surface area (Å²) in [4.78, 5) is 0.947. The molecule has 0 spiro atoms. The summed E-state index contributed by atoms with van der Waals surface area (Å²) in [6.07, 6.45) is 0.330.